The minimum absolute atomic E-state index is 0.0372. The number of pyridine rings is 1. The van der Waals surface area contributed by atoms with Crippen LogP contribution in [0.25, 0.3) is 0 Å². The number of anilines is 2. The SMILES string of the molecule is CC1Oc2ccc(NC(=O)N(Cc3cccnc3)CC3CCCO3)cc2NC1=O. The first-order valence-corrected chi connectivity index (χ1v) is 9.76. The van der Waals surface area contributed by atoms with E-state index >= 15 is 0 Å². The fourth-order valence-corrected chi connectivity index (χ4v) is 3.45. The second kappa shape index (κ2) is 8.48. The van der Waals surface area contributed by atoms with Crippen LogP contribution in [0.4, 0.5) is 16.2 Å². The summed E-state index contributed by atoms with van der Waals surface area (Å²) in [5.74, 6) is 0.374. The molecule has 8 nitrogen and oxygen atoms in total. The van der Waals surface area contributed by atoms with Crippen molar-refractivity contribution in [2.24, 2.45) is 0 Å². The molecule has 2 N–H and O–H groups in total. The molecular weight excluding hydrogens is 372 g/mol. The standard InChI is InChI=1S/C21H24N4O4/c1-14-20(26)24-18-10-16(6-7-19(18)29-14)23-21(27)25(13-17-5-3-9-28-17)12-15-4-2-8-22-11-15/h2,4,6-8,10-11,14,17H,3,5,9,12-13H2,1H3,(H,23,27)(H,24,26). The summed E-state index contributed by atoms with van der Waals surface area (Å²) in [7, 11) is 0. The van der Waals surface area contributed by atoms with Crippen molar-refractivity contribution >= 4 is 23.3 Å². The molecule has 2 aliphatic heterocycles. The highest BCUT2D eigenvalue weighted by Crippen LogP contribution is 2.32. The van der Waals surface area contributed by atoms with Crippen molar-refractivity contribution in [3.05, 3.63) is 48.3 Å². The maximum Gasteiger partial charge on any atom is 0.322 e. The van der Waals surface area contributed by atoms with E-state index in [-0.39, 0.29) is 18.0 Å². The number of carbonyl (C=O) groups excluding carboxylic acids is 2. The molecule has 8 heteroatoms. The van der Waals surface area contributed by atoms with Gasteiger partial charge >= 0.3 is 6.03 Å². The number of nitrogens with one attached hydrogen (secondary N) is 2. The molecule has 1 aromatic heterocycles. The lowest BCUT2D eigenvalue weighted by Gasteiger charge is -2.27. The lowest BCUT2D eigenvalue weighted by atomic mass is 10.2. The molecule has 0 radical (unpaired) electrons. The fraction of sp³-hybridized carbons (Fsp3) is 0.381. The van der Waals surface area contributed by atoms with Crippen molar-refractivity contribution < 1.29 is 19.1 Å². The predicted octanol–water partition coefficient (Wildman–Crippen LogP) is 3.01. The number of nitrogens with zero attached hydrogens (tertiary/aromatic N) is 2. The number of urea groups is 1. The van der Waals surface area contributed by atoms with Crippen LogP contribution in [0, 0.1) is 0 Å². The van der Waals surface area contributed by atoms with Gasteiger partial charge < -0.3 is 25.0 Å². The van der Waals surface area contributed by atoms with Crippen molar-refractivity contribution in [1.82, 2.24) is 9.88 Å². The molecule has 2 unspecified atom stereocenters. The lowest BCUT2D eigenvalue weighted by molar-refractivity contribution is -0.122. The molecular formula is C21H24N4O4. The Morgan fingerprint density at radius 1 is 1.38 bits per heavy atom. The molecule has 1 aromatic carbocycles. The van der Waals surface area contributed by atoms with Crippen molar-refractivity contribution in [2.75, 3.05) is 23.8 Å². The van der Waals surface area contributed by atoms with Crippen LogP contribution in [0.15, 0.2) is 42.7 Å². The highest BCUT2D eigenvalue weighted by molar-refractivity contribution is 5.99. The van der Waals surface area contributed by atoms with Crippen molar-refractivity contribution in [2.45, 2.75) is 38.5 Å². The number of ether oxygens (including phenoxy) is 2. The van der Waals surface area contributed by atoms with Gasteiger partial charge in [0.25, 0.3) is 5.91 Å². The average molecular weight is 396 g/mol. The van der Waals surface area contributed by atoms with Crippen LogP contribution in [-0.2, 0) is 16.1 Å². The van der Waals surface area contributed by atoms with Crippen molar-refractivity contribution in [3.8, 4) is 5.75 Å². The molecule has 1 saturated heterocycles. The number of aromatic nitrogens is 1. The van der Waals surface area contributed by atoms with Gasteiger partial charge in [0.05, 0.1) is 11.8 Å². The number of benzene rings is 1. The van der Waals surface area contributed by atoms with Gasteiger partial charge in [-0.25, -0.2) is 4.79 Å². The van der Waals surface area contributed by atoms with Crippen LogP contribution >= 0.6 is 0 Å². The number of rotatable bonds is 5. The van der Waals surface area contributed by atoms with Gasteiger partial charge in [0, 0.05) is 37.8 Å². The summed E-state index contributed by atoms with van der Waals surface area (Å²) in [5.41, 5.74) is 2.07. The Balaban J connectivity index is 1.48. The lowest BCUT2D eigenvalue weighted by Crippen LogP contribution is -2.39. The van der Waals surface area contributed by atoms with E-state index in [4.69, 9.17) is 9.47 Å². The molecule has 3 amide bonds. The van der Waals surface area contributed by atoms with E-state index in [1.54, 1.807) is 42.4 Å². The highest BCUT2D eigenvalue weighted by Gasteiger charge is 2.25. The zero-order valence-electron chi connectivity index (χ0n) is 16.3. The van der Waals surface area contributed by atoms with Gasteiger partial charge in [-0.15, -0.1) is 0 Å². The van der Waals surface area contributed by atoms with Crippen LogP contribution in [0.1, 0.15) is 25.3 Å². The normalized spacial score (nSPS) is 20.4. The average Bonchev–Trinajstić information content (AvgIpc) is 3.22. The third-order valence-electron chi connectivity index (χ3n) is 4.99. The van der Waals surface area contributed by atoms with E-state index in [1.165, 1.54) is 0 Å². The van der Waals surface area contributed by atoms with E-state index < -0.39 is 6.10 Å². The Hall–Kier alpha value is -3.13. The number of hydrogen-bond acceptors (Lipinski definition) is 5. The van der Waals surface area contributed by atoms with Crippen LogP contribution in [-0.4, -0.2) is 47.2 Å². The summed E-state index contributed by atoms with van der Waals surface area (Å²) < 4.78 is 11.3. The molecule has 3 heterocycles. The zero-order chi connectivity index (χ0) is 20.2. The van der Waals surface area contributed by atoms with E-state index in [1.807, 2.05) is 12.1 Å². The molecule has 2 aromatic rings. The van der Waals surface area contributed by atoms with E-state index in [0.717, 1.165) is 25.0 Å². The first-order chi connectivity index (χ1) is 14.1. The molecule has 2 atom stereocenters. The van der Waals surface area contributed by atoms with Gasteiger partial charge in [0.1, 0.15) is 5.75 Å². The molecule has 0 spiro atoms. The molecule has 4 rings (SSSR count). The van der Waals surface area contributed by atoms with Crippen LogP contribution in [0.5, 0.6) is 5.75 Å². The largest absolute Gasteiger partial charge is 0.479 e. The minimum Gasteiger partial charge on any atom is -0.479 e. The Morgan fingerprint density at radius 2 is 2.28 bits per heavy atom. The molecule has 0 aliphatic carbocycles. The number of fused-ring (bicyclic) bond motifs is 1. The second-order valence-corrected chi connectivity index (χ2v) is 7.27. The van der Waals surface area contributed by atoms with Crippen molar-refractivity contribution in [3.63, 3.8) is 0 Å². The number of amides is 3. The Bertz CT molecular complexity index is 884. The summed E-state index contributed by atoms with van der Waals surface area (Å²) >= 11 is 0. The Morgan fingerprint density at radius 3 is 3.03 bits per heavy atom. The van der Waals surface area contributed by atoms with E-state index in [2.05, 4.69) is 15.6 Å². The Labute approximate surface area is 169 Å². The predicted molar refractivity (Wildman–Crippen MR) is 108 cm³/mol. The molecule has 1 fully saturated rings. The summed E-state index contributed by atoms with van der Waals surface area (Å²) in [6.45, 7) is 3.36. The summed E-state index contributed by atoms with van der Waals surface area (Å²) in [5, 5.41) is 5.71. The molecule has 152 valence electrons. The van der Waals surface area contributed by atoms with Crippen LogP contribution in [0.3, 0.4) is 0 Å². The van der Waals surface area contributed by atoms with Crippen molar-refractivity contribution in [1.29, 1.82) is 0 Å². The molecule has 29 heavy (non-hydrogen) atoms. The minimum atomic E-state index is -0.538. The second-order valence-electron chi connectivity index (χ2n) is 7.27. The smallest absolute Gasteiger partial charge is 0.322 e. The van der Waals surface area contributed by atoms with Gasteiger partial charge in [-0.1, -0.05) is 6.07 Å². The summed E-state index contributed by atoms with van der Waals surface area (Å²) in [4.78, 5) is 30.7. The van der Waals surface area contributed by atoms with Gasteiger partial charge in [0.2, 0.25) is 0 Å². The summed E-state index contributed by atoms with van der Waals surface area (Å²) in [6, 6.07) is 8.76. The quantitative estimate of drug-likeness (QED) is 0.810. The van der Waals surface area contributed by atoms with Gasteiger partial charge in [0.15, 0.2) is 6.10 Å². The maximum absolute atomic E-state index is 13.0. The van der Waals surface area contributed by atoms with Crippen LogP contribution < -0.4 is 15.4 Å². The third-order valence-corrected chi connectivity index (χ3v) is 4.99. The fourth-order valence-electron chi connectivity index (χ4n) is 3.45. The maximum atomic E-state index is 13.0. The molecule has 0 bridgehead atoms. The Kier molecular flexibility index (Phi) is 5.62. The van der Waals surface area contributed by atoms with E-state index in [9.17, 15) is 9.59 Å². The number of hydrogen-bond donors (Lipinski definition) is 2. The topological polar surface area (TPSA) is 92.8 Å². The molecule has 0 saturated carbocycles. The molecule has 2 aliphatic rings. The zero-order valence-corrected chi connectivity index (χ0v) is 16.3. The highest BCUT2D eigenvalue weighted by atomic mass is 16.5. The van der Waals surface area contributed by atoms with E-state index in [0.29, 0.717) is 30.2 Å². The summed E-state index contributed by atoms with van der Waals surface area (Å²) in [6.07, 6.45) is 4.91. The van der Waals surface area contributed by atoms with Gasteiger partial charge in [-0.05, 0) is 49.6 Å². The number of carbonyl (C=O) groups is 2. The third kappa shape index (κ3) is 4.65. The van der Waals surface area contributed by atoms with Gasteiger partial charge in [-0.2, -0.15) is 0 Å². The first kappa shape index (κ1) is 19.2. The first-order valence-electron chi connectivity index (χ1n) is 9.76. The monoisotopic (exact) mass is 396 g/mol. The van der Waals surface area contributed by atoms with Crippen LogP contribution in [0.2, 0.25) is 0 Å². The van der Waals surface area contributed by atoms with Gasteiger partial charge in [-0.3, -0.25) is 9.78 Å².